The minimum Gasteiger partial charge on any atom is -0.278 e. The normalized spacial score (nSPS) is 11.9. The summed E-state index contributed by atoms with van der Waals surface area (Å²) in [6.45, 7) is 0. The van der Waals surface area contributed by atoms with Crippen LogP contribution in [0.5, 0.6) is 0 Å². The first-order valence-electron chi connectivity index (χ1n) is 15.3. The summed E-state index contributed by atoms with van der Waals surface area (Å²) in [7, 11) is 0. The number of aromatic nitrogens is 6. The lowest BCUT2D eigenvalue weighted by Gasteiger charge is -2.12. The van der Waals surface area contributed by atoms with E-state index in [-0.39, 0.29) is 0 Å². The molecule has 0 spiro atoms. The van der Waals surface area contributed by atoms with Gasteiger partial charge in [-0.15, -0.1) is 0 Å². The molecule has 4 heterocycles. The van der Waals surface area contributed by atoms with Crippen molar-refractivity contribution in [3.8, 4) is 23.2 Å². The summed E-state index contributed by atoms with van der Waals surface area (Å²) in [5.41, 5.74) is 7.64. The van der Waals surface area contributed by atoms with Crippen molar-refractivity contribution in [1.29, 1.82) is 0 Å². The van der Waals surface area contributed by atoms with Crippen LogP contribution < -0.4 is 0 Å². The van der Waals surface area contributed by atoms with Gasteiger partial charge in [0.25, 0.3) is 0 Å². The van der Waals surface area contributed by atoms with E-state index >= 15 is 0 Å². The van der Waals surface area contributed by atoms with Crippen molar-refractivity contribution in [2.45, 2.75) is 0 Å². The Morgan fingerprint density at radius 2 is 1.00 bits per heavy atom. The van der Waals surface area contributed by atoms with E-state index in [9.17, 15) is 0 Å². The van der Waals surface area contributed by atoms with Crippen LogP contribution in [0.1, 0.15) is 0 Å². The van der Waals surface area contributed by atoms with Crippen molar-refractivity contribution < 1.29 is 0 Å². The third-order valence-corrected chi connectivity index (χ3v) is 8.99. The Labute approximate surface area is 262 Å². The van der Waals surface area contributed by atoms with Crippen LogP contribution >= 0.6 is 0 Å². The summed E-state index contributed by atoms with van der Waals surface area (Å²) in [4.78, 5) is 20.6. The molecular weight excluding hydrogens is 564 g/mol. The van der Waals surface area contributed by atoms with E-state index in [1.807, 2.05) is 24.4 Å². The highest BCUT2D eigenvalue weighted by molar-refractivity contribution is 6.10. The van der Waals surface area contributed by atoms with Crippen LogP contribution in [-0.2, 0) is 0 Å². The molecule has 10 aromatic rings. The average Bonchev–Trinajstić information content (AvgIpc) is 3.63. The average molecular weight is 589 g/mol. The van der Waals surface area contributed by atoms with Crippen molar-refractivity contribution in [1.82, 2.24) is 29.1 Å². The number of benzene rings is 6. The fourth-order valence-electron chi connectivity index (χ4n) is 6.91. The van der Waals surface area contributed by atoms with Crippen LogP contribution in [0.4, 0.5) is 0 Å². The van der Waals surface area contributed by atoms with Gasteiger partial charge in [-0.3, -0.25) is 9.13 Å². The van der Waals surface area contributed by atoms with Gasteiger partial charge < -0.3 is 0 Å². The Morgan fingerprint density at radius 1 is 0.413 bits per heavy atom. The molecule has 6 heteroatoms. The molecule has 46 heavy (non-hydrogen) atoms. The van der Waals surface area contributed by atoms with Crippen LogP contribution in [0.25, 0.3) is 88.6 Å². The van der Waals surface area contributed by atoms with Gasteiger partial charge in [-0.2, -0.15) is 0 Å². The molecule has 6 aromatic carbocycles. The molecule has 0 unspecified atom stereocenters. The van der Waals surface area contributed by atoms with E-state index in [0.717, 1.165) is 55.1 Å². The van der Waals surface area contributed by atoms with E-state index in [2.05, 4.69) is 130 Å². The Balaban J connectivity index is 1.24. The molecule has 4 aromatic heterocycles. The molecule has 0 aliphatic carbocycles. The summed E-state index contributed by atoms with van der Waals surface area (Å²) < 4.78 is 4.25. The fourth-order valence-corrected chi connectivity index (χ4v) is 6.91. The minimum absolute atomic E-state index is 0.585. The van der Waals surface area contributed by atoms with Crippen LogP contribution in [0.3, 0.4) is 0 Å². The molecular formula is C40H24N6. The van der Waals surface area contributed by atoms with Gasteiger partial charge in [0.2, 0.25) is 11.9 Å². The molecule has 6 nitrogen and oxygen atoms in total. The van der Waals surface area contributed by atoms with E-state index in [0.29, 0.717) is 11.9 Å². The second kappa shape index (κ2) is 9.55. The second-order valence-electron chi connectivity index (χ2n) is 11.6. The predicted octanol–water partition coefficient (Wildman–Crippen LogP) is 9.43. The molecule has 0 radical (unpaired) electrons. The fraction of sp³-hybridized carbons (Fsp3) is 0. The van der Waals surface area contributed by atoms with E-state index in [1.54, 1.807) is 0 Å². The lowest BCUT2D eigenvalue weighted by atomic mass is 10.0. The molecule has 0 atom stereocenters. The minimum atomic E-state index is 0.585. The lowest BCUT2D eigenvalue weighted by Crippen LogP contribution is -2.05. The highest BCUT2D eigenvalue weighted by Gasteiger charge is 2.20. The number of rotatable bonds is 3. The third-order valence-electron chi connectivity index (χ3n) is 8.99. The molecule has 214 valence electrons. The SMILES string of the molecule is c1ccc2cc(-c3nc(-n4c5ccccc5c5nc(-n6c7ccccc7c7ccccc76)ncc54)nc4ccccc34)ccc2c1. The van der Waals surface area contributed by atoms with Gasteiger partial charge in [0, 0.05) is 27.1 Å². The Morgan fingerprint density at radius 3 is 1.76 bits per heavy atom. The van der Waals surface area contributed by atoms with Crippen LogP contribution in [-0.4, -0.2) is 29.1 Å². The van der Waals surface area contributed by atoms with Gasteiger partial charge >= 0.3 is 0 Å². The molecule has 0 saturated carbocycles. The zero-order chi connectivity index (χ0) is 30.2. The lowest BCUT2D eigenvalue weighted by molar-refractivity contribution is 0.984. The third kappa shape index (κ3) is 3.58. The van der Waals surface area contributed by atoms with Crippen molar-refractivity contribution >= 4 is 65.4 Å². The Hall–Kier alpha value is -6.40. The molecule has 10 rings (SSSR count). The van der Waals surface area contributed by atoms with E-state index in [4.69, 9.17) is 19.9 Å². The van der Waals surface area contributed by atoms with Crippen molar-refractivity contribution in [2.75, 3.05) is 0 Å². The number of para-hydroxylation sites is 4. The topological polar surface area (TPSA) is 61.4 Å². The van der Waals surface area contributed by atoms with Crippen molar-refractivity contribution in [3.05, 3.63) is 146 Å². The Bertz CT molecular complexity index is 2770. The zero-order valence-corrected chi connectivity index (χ0v) is 24.5. The zero-order valence-electron chi connectivity index (χ0n) is 24.5. The van der Waals surface area contributed by atoms with Crippen LogP contribution in [0, 0.1) is 0 Å². The maximum Gasteiger partial charge on any atom is 0.235 e. The van der Waals surface area contributed by atoms with Crippen molar-refractivity contribution in [2.24, 2.45) is 0 Å². The first-order valence-corrected chi connectivity index (χ1v) is 15.3. The van der Waals surface area contributed by atoms with Gasteiger partial charge in [-0.25, -0.2) is 19.9 Å². The van der Waals surface area contributed by atoms with Gasteiger partial charge in [0.05, 0.1) is 39.5 Å². The molecule has 0 amide bonds. The molecule has 0 aliphatic rings. The molecule has 0 aliphatic heterocycles. The van der Waals surface area contributed by atoms with E-state index in [1.165, 1.54) is 21.5 Å². The monoisotopic (exact) mass is 588 g/mol. The molecule has 0 bridgehead atoms. The highest BCUT2D eigenvalue weighted by atomic mass is 15.2. The summed E-state index contributed by atoms with van der Waals surface area (Å²) in [6, 6.07) is 48.3. The predicted molar refractivity (Wildman–Crippen MR) is 187 cm³/mol. The molecule has 0 saturated heterocycles. The molecule has 0 fully saturated rings. The smallest absolute Gasteiger partial charge is 0.235 e. The number of hydrogen-bond donors (Lipinski definition) is 0. The maximum absolute atomic E-state index is 5.27. The summed E-state index contributed by atoms with van der Waals surface area (Å²) in [5, 5.41) is 6.75. The summed E-state index contributed by atoms with van der Waals surface area (Å²) in [5.74, 6) is 1.21. The first kappa shape index (κ1) is 25.0. The maximum atomic E-state index is 5.27. The van der Waals surface area contributed by atoms with Crippen molar-refractivity contribution in [3.63, 3.8) is 0 Å². The highest BCUT2D eigenvalue weighted by Crippen LogP contribution is 2.35. The summed E-state index contributed by atoms with van der Waals surface area (Å²) >= 11 is 0. The largest absolute Gasteiger partial charge is 0.278 e. The number of fused-ring (bicyclic) bond motifs is 8. The van der Waals surface area contributed by atoms with Crippen LogP contribution in [0.15, 0.2) is 146 Å². The van der Waals surface area contributed by atoms with Gasteiger partial charge in [-0.1, -0.05) is 109 Å². The quantitative estimate of drug-likeness (QED) is 0.206. The number of hydrogen-bond acceptors (Lipinski definition) is 4. The summed E-state index contributed by atoms with van der Waals surface area (Å²) in [6.07, 6.45) is 1.91. The number of nitrogens with zero attached hydrogens (tertiary/aromatic N) is 6. The standard InChI is InChI=1S/C40H24N6/c1-2-12-26-23-27(22-21-25(26)11-1)37-30-15-3-7-17-32(30)42-40(43-37)46-35-20-10-6-16-31(35)38-36(46)24-41-39(44-38)45-33-18-8-4-13-28(33)29-14-5-9-19-34(29)45/h1-24H. The second-order valence-corrected chi connectivity index (χ2v) is 11.6. The molecule has 0 N–H and O–H groups in total. The van der Waals surface area contributed by atoms with Gasteiger partial charge in [0.1, 0.15) is 5.52 Å². The first-order chi connectivity index (χ1) is 22.8. The van der Waals surface area contributed by atoms with Gasteiger partial charge in [-0.05, 0) is 41.1 Å². The van der Waals surface area contributed by atoms with E-state index < -0.39 is 0 Å². The van der Waals surface area contributed by atoms with Gasteiger partial charge in [0.15, 0.2) is 0 Å². The Kier molecular flexibility index (Phi) is 5.19. The van der Waals surface area contributed by atoms with Crippen LogP contribution in [0.2, 0.25) is 0 Å².